The molecule has 1 saturated heterocycles. The van der Waals surface area contributed by atoms with Crippen molar-refractivity contribution in [1.29, 1.82) is 0 Å². The first kappa shape index (κ1) is 27.6. The van der Waals surface area contributed by atoms with E-state index in [1.54, 1.807) is 26.8 Å². The van der Waals surface area contributed by atoms with Gasteiger partial charge in [0.05, 0.1) is 38.8 Å². The third kappa shape index (κ3) is 6.00. The molecule has 3 aromatic rings. The van der Waals surface area contributed by atoms with Crippen molar-refractivity contribution in [3.05, 3.63) is 47.0 Å². The number of ether oxygens (including phenoxy) is 2. The lowest BCUT2D eigenvalue weighted by Crippen LogP contribution is -2.57. The second kappa shape index (κ2) is 10.0. The first-order valence-electron chi connectivity index (χ1n) is 11.3. The van der Waals surface area contributed by atoms with Gasteiger partial charge in [-0.05, 0) is 57.2 Å². The molecule has 1 aromatic heterocycles. The van der Waals surface area contributed by atoms with Gasteiger partial charge in [0, 0.05) is 6.26 Å². The molecule has 2 heterocycles. The zero-order chi connectivity index (χ0) is 28.0. The summed E-state index contributed by atoms with van der Waals surface area (Å²) in [6.07, 6.45) is 0.304. The molecule has 2 aromatic carbocycles. The molecule has 4 rings (SSSR count). The minimum absolute atomic E-state index is 0.0439. The molecule has 1 aliphatic rings. The second-order valence-electron chi connectivity index (χ2n) is 9.64. The molecule has 2 N–H and O–H groups in total. The van der Waals surface area contributed by atoms with Gasteiger partial charge in [-0.2, -0.15) is 0 Å². The summed E-state index contributed by atoms with van der Waals surface area (Å²) in [7, 11) is -3.47. The maximum Gasteiger partial charge on any atom is 0.410 e. The molecule has 11 nitrogen and oxygen atoms in total. The van der Waals surface area contributed by atoms with Crippen LogP contribution < -0.4 is 15.4 Å². The molecular formula is C24H25ClN4O7S2. The van der Waals surface area contributed by atoms with Crippen molar-refractivity contribution in [1.82, 2.24) is 9.88 Å². The average molecular weight is 581 g/mol. The Morgan fingerprint density at radius 2 is 1.84 bits per heavy atom. The lowest BCUT2D eigenvalue weighted by atomic mass is 10.1. The number of sulfone groups is 1. The van der Waals surface area contributed by atoms with Crippen LogP contribution in [0.3, 0.4) is 0 Å². The number of primary amides is 1. The zero-order valence-corrected chi connectivity index (χ0v) is 23.3. The quantitative estimate of drug-likeness (QED) is 0.474. The number of carbonyl (C=O) groups excluding carboxylic acids is 3. The van der Waals surface area contributed by atoms with Crippen molar-refractivity contribution in [2.75, 3.05) is 24.2 Å². The van der Waals surface area contributed by atoms with Crippen LogP contribution in [0.25, 0.3) is 10.2 Å². The summed E-state index contributed by atoms with van der Waals surface area (Å²) in [5.74, 6) is -0.530. The number of thiazole rings is 1. The van der Waals surface area contributed by atoms with Gasteiger partial charge in [0.25, 0.3) is 5.91 Å². The van der Waals surface area contributed by atoms with Gasteiger partial charge < -0.3 is 20.1 Å². The molecule has 14 heteroatoms. The fourth-order valence-electron chi connectivity index (χ4n) is 3.54. The first-order valence-corrected chi connectivity index (χ1v) is 14.4. The summed E-state index contributed by atoms with van der Waals surface area (Å²) in [5, 5.41) is 0.00981. The Morgan fingerprint density at radius 1 is 1.16 bits per heavy atom. The number of benzene rings is 2. The minimum atomic E-state index is -3.47. The van der Waals surface area contributed by atoms with Gasteiger partial charge in [-0.15, -0.1) is 0 Å². The third-order valence-electron chi connectivity index (χ3n) is 5.36. The topological polar surface area (TPSA) is 149 Å². The molecule has 202 valence electrons. The fraction of sp³-hybridized carbons (Fsp3) is 0.333. The number of aromatic nitrogens is 1. The normalized spacial score (nSPS) is 14.2. The number of halogens is 1. The summed E-state index contributed by atoms with van der Waals surface area (Å²) in [4.78, 5) is 44.4. The van der Waals surface area contributed by atoms with Crippen molar-refractivity contribution >= 4 is 66.2 Å². The number of urea groups is 1. The van der Waals surface area contributed by atoms with Gasteiger partial charge in [-0.3, -0.25) is 4.79 Å². The van der Waals surface area contributed by atoms with Crippen LogP contribution in [0.15, 0.2) is 41.3 Å². The van der Waals surface area contributed by atoms with Crippen LogP contribution >= 0.6 is 22.9 Å². The lowest BCUT2D eigenvalue weighted by molar-refractivity contribution is -0.0221. The summed E-state index contributed by atoms with van der Waals surface area (Å²) in [5.41, 5.74) is 5.25. The molecule has 0 spiro atoms. The van der Waals surface area contributed by atoms with E-state index in [0.717, 1.165) is 17.6 Å². The molecule has 4 amide bonds. The number of hydrogen-bond acceptors (Lipinski definition) is 9. The van der Waals surface area contributed by atoms with Gasteiger partial charge in [-0.1, -0.05) is 22.9 Å². The second-order valence-corrected chi connectivity index (χ2v) is 13.1. The number of imide groups is 1. The predicted molar refractivity (Wildman–Crippen MR) is 143 cm³/mol. The fourth-order valence-corrected chi connectivity index (χ4v) is 5.47. The lowest BCUT2D eigenvalue weighted by Gasteiger charge is -2.39. The minimum Gasteiger partial charge on any atom is -0.487 e. The van der Waals surface area contributed by atoms with E-state index in [-0.39, 0.29) is 26.7 Å². The monoisotopic (exact) mass is 580 g/mol. The van der Waals surface area contributed by atoms with E-state index in [1.165, 1.54) is 35.2 Å². The molecule has 0 radical (unpaired) electrons. The zero-order valence-electron chi connectivity index (χ0n) is 20.9. The van der Waals surface area contributed by atoms with Crippen LogP contribution in [0.4, 0.5) is 14.7 Å². The summed E-state index contributed by atoms with van der Waals surface area (Å²) < 4.78 is 35.4. The van der Waals surface area contributed by atoms with Crippen molar-refractivity contribution in [2.24, 2.45) is 5.73 Å². The van der Waals surface area contributed by atoms with E-state index in [0.29, 0.717) is 34.0 Å². The number of rotatable bonds is 5. The van der Waals surface area contributed by atoms with Crippen LogP contribution in [-0.4, -0.2) is 67.4 Å². The maximum atomic E-state index is 13.4. The van der Waals surface area contributed by atoms with Crippen molar-refractivity contribution in [3.63, 3.8) is 0 Å². The number of nitrogens with zero attached hydrogens (tertiary/aromatic N) is 3. The van der Waals surface area contributed by atoms with Crippen LogP contribution in [0.1, 0.15) is 31.1 Å². The smallest absolute Gasteiger partial charge is 0.410 e. The Morgan fingerprint density at radius 3 is 2.45 bits per heavy atom. The van der Waals surface area contributed by atoms with Crippen LogP contribution in [0, 0.1) is 0 Å². The number of likely N-dealkylation sites (tertiary alicyclic amines) is 1. The molecular weight excluding hydrogens is 556 g/mol. The molecule has 38 heavy (non-hydrogen) atoms. The molecule has 1 fully saturated rings. The van der Waals surface area contributed by atoms with Crippen molar-refractivity contribution < 1.29 is 32.3 Å². The Hall–Kier alpha value is -3.42. The van der Waals surface area contributed by atoms with Crippen molar-refractivity contribution in [2.45, 2.75) is 37.4 Å². The van der Waals surface area contributed by atoms with E-state index < -0.39 is 33.5 Å². The molecule has 0 aliphatic carbocycles. The predicted octanol–water partition coefficient (Wildman–Crippen LogP) is 4.08. The van der Waals surface area contributed by atoms with E-state index >= 15 is 0 Å². The number of nitrogens with two attached hydrogens (primary N) is 1. The number of amides is 4. The molecule has 0 saturated carbocycles. The highest BCUT2D eigenvalue weighted by atomic mass is 35.5. The maximum absolute atomic E-state index is 13.4. The number of carbonyl (C=O) groups is 3. The van der Waals surface area contributed by atoms with Gasteiger partial charge >= 0.3 is 12.1 Å². The number of fused-ring (bicyclic) bond motifs is 1. The first-order chi connectivity index (χ1) is 17.6. The van der Waals surface area contributed by atoms with E-state index in [1.807, 2.05) is 0 Å². The summed E-state index contributed by atoms with van der Waals surface area (Å²) in [6, 6.07) is 7.59. The third-order valence-corrected chi connectivity index (χ3v) is 7.81. The number of hydrogen-bond donors (Lipinski definition) is 1. The van der Waals surface area contributed by atoms with E-state index in [4.69, 9.17) is 26.8 Å². The average Bonchev–Trinajstić information content (AvgIpc) is 3.17. The molecule has 0 atom stereocenters. The molecule has 1 aliphatic heterocycles. The summed E-state index contributed by atoms with van der Waals surface area (Å²) in [6.45, 7) is 5.94. The Balaban J connectivity index is 1.54. The van der Waals surface area contributed by atoms with Gasteiger partial charge in [-0.25, -0.2) is 27.9 Å². The Kier molecular flexibility index (Phi) is 7.30. The van der Waals surface area contributed by atoms with Crippen LogP contribution in [-0.2, 0) is 14.6 Å². The van der Waals surface area contributed by atoms with Gasteiger partial charge in [0.15, 0.2) is 9.84 Å². The highest BCUT2D eigenvalue weighted by Crippen LogP contribution is 2.33. The highest BCUT2D eigenvalue weighted by molar-refractivity contribution is 7.90. The van der Waals surface area contributed by atoms with Crippen molar-refractivity contribution in [3.8, 4) is 5.75 Å². The summed E-state index contributed by atoms with van der Waals surface area (Å²) >= 11 is 7.21. The van der Waals surface area contributed by atoms with E-state index in [9.17, 15) is 22.8 Å². The van der Waals surface area contributed by atoms with E-state index in [2.05, 4.69) is 4.98 Å². The SMILES string of the molecule is CC(C)(C)OC(=O)N1CC(Oc2ccc(Cl)c(C(=O)N(C(N)=O)c3nc4ccc(S(C)(=O)=O)cc4s3)c2)C1. The van der Waals surface area contributed by atoms with Gasteiger partial charge in [0.2, 0.25) is 5.13 Å². The molecule has 0 unspecified atom stereocenters. The standard InChI is InChI=1S/C24H25ClN4O7S2/c1-24(2,3)36-23(32)28-11-14(12-28)35-13-5-7-17(25)16(9-13)20(30)29(21(26)31)22-27-18-8-6-15(38(4,33)34)10-19(18)37-22/h5-10,14H,11-12H2,1-4H3,(H2,26,31). The number of anilines is 1. The molecule has 0 bridgehead atoms. The largest absolute Gasteiger partial charge is 0.487 e. The highest BCUT2D eigenvalue weighted by Gasteiger charge is 2.35. The van der Waals surface area contributed by atoms with Gasteiger partial charge in [0.1, 0.15) is 17.5 Å². The van der Waals surface area contributed by atoms with Crippen LogP contribution in [0.5, 0.6) is 5.75 Å². The van der Waals surface area contributed by atoms with Crippen LogP contribution in [0.2, 0.25) is 5.02 Å². The Labute approximate surface area is 228 Å². The Bertz CT molecular complexity index is 1540.